The summed E-state index contributed by atoms with van der Waals surface area (Å²) in [5.74, 6) is 0.716. The van der Waals surface area contributed by atoms with Crippen LogP contribution in [0.25, 0.3) is 5.76 Å². The molecule has 0 aliphatic rings. The molecule has 0 radical (unpaired) electrons. The Morgan fingerprint density at radius 1 is 1.24 bits per heavy atom. The van der Waals surface area contributed by atoms with Crippen LogP contribution in [0.4, 0.5) is 0 Å². The van der Waals surface area contributed by atoms with Crippen molar-refractivity contribution in [2.24, 2.45) is 7.05 Å². The van der Waals surface area contributed by atoms with Gasteiger partial charge in [-0.25, -0.2) is 0 Å². The smallest absolute Gasteiger partial charge is 0.196 e. The molecule has 1 aromatic heterocycles. The molecule has 0 aromatic carbocycles. The highest BCUT2D eigenvalue weighted by Gasteiger charge is 2.27. The van der Waals surface area contributed by atoms with Gasteiger partial charge in [0.15, 0.2) is 13.2 Å². The summed E-state index contributed by atoms with van der Waals surface area (Å²) in [6, 6.07) is 2.04. The maximum absolute atomic E-state index is 5.84. The fourth-order valence-electron chi connectivity index (χ4n) is 1.95. The Kier molecular flexibility index (Phi) is 3.42. The SMILES string of the molecule is C=C(OC(C)(C)C)c1cc[n+](C)n1C(C)(C)C. The number of aromatic nitrogens is 2. The van der Waals surface area contributed by atoms with Gasteiger partial charge in [-0.2, -0.15) is 0 Å². The van der Waals surface area contributed by atoms with E-state index in [0.29, 0.717) is 5.76 Å². The van der Waals surface area contributed by atoms with Gasteiger partial charge in [-0.05, 0) is 41.5 Å². The standard InChI is InChI=1S/C14H25N2O/c1-11(17-14(5,6)7)12-9-10-15(8)16(12)13(2,3)4/h9-10H,1H2,2-8H3/q+1. The largest absolute Gasteiger partial charge is 0.486 e. The van der Waals surface area contributed by atoms with Crippen molar-refractivity contribution in [2.45, 2.75) is 52.7 Å². The lowest BCUT2D eigenvalue weighted by molar-refractivity contribution is -0.760. The molecular weight excluding hydrogens is 212 g/mol. The number of ether oxygens (including phenoxy) is 1. The van der Waals surface area contributed by atoms with Gasteiger partial charge in [0, 0.05) is 6.07 Å². The van der Waals surface area contributed by atoms with Crippen molar-refractivity contribution in [3.8, 4) is 0 Å². The van der Waals surface area contributed by atoms with E-state index >= 15 is 0 Å². The second-order valence-electron chi connectivity index (χ2n) is 6.39. The predicted molar refractivity (Wildman–Crippen MR) is 70.5 cm³/mol. The van der Waals surface area contributed by atoms with Crippen LogP contribution < -0.4 is 4.68 Å². The third kappa shape index (κ3) is 3.35. The fourth-order valence-corrected chi connectivity index (χ4v) is 1.95. The van der Waals surface area contributed by atoms with Crippen LogP contribution in [0.15, 0.2) is 18.8 Å². The lowest BCUT2D eigenvalue weighted by Gasteiger charge is -2.25. The first-order chi connectivity index (χ1) is 7.52. The Balaban J connectivity index is 3.12. The van der Waals surface area contributed by atoms with Gasteiger partial charge in [0.2, 0.25) is 0 Å². The summed E-state index contributed by atoms with van der Waals surface area (Å²) in [5.41, 5.74) is 0.801. The van der Waals surface area contributed by atoms with E-state index in [1.54, 1.807) is 0 Å². The maximum Gasteiger partial charge on any atom is 0.196 e. The van der Waals surface area contributed by atoms with Crippen molar-refractivity contribution in [2.75, 3.05) is 0 Å². The van der Waals surface area contributed by atoms with Crippen LogP contribution in [0.5, 0.6) is 0 Å². The Bertz CT molecular complexity index is 416. The third-order valence-corrected chi connectivity index (χ3v) is 2.34. The summed E-state index contributed by atoms with van der Waals surface area (Å²) in [5, 5.41) is 0. The van der Waals surface area contributed by atoms with Crippen LogP contribution >= 0.6 is 0 Å². The van der Waals surface area contributed by atoms with Gasteiger partial charge in [0.1, 0.15) is 17.1 Å². The van der Waals surface area contributed by atoms with E-state index < -0.39 is 0 Å². The molecule has 0 aliphatic heterocycles. The molecule has 3 nitrogen and oxygen atoms in total. The van der Waals surface area contributed by atoms with Gasteiger partial charge in [-0.1, -0.05) is 6.58 Å². The molecule has 96 valence electrons. The topological polar surface area (TPSA) is 18.0 Å². The third-order valence-electron chi connectivity index (χ3n) is 2.34. The molecule has 0 N–H and O–H groups in total. The van der Waals surface area contributed by atoms with E-state index in [-0.39, 0.29) is 11.1 Å². The maximum atomic E-state index is 5.84. The summed E-state index contributed by atoms with van der Waals surface area (Å²) in [7, 11) is 2.03. The van der Waals surface area contributed by atoms with Gasteiger partial charge in [-0.15, -0.1) is 9.36 Å². The molecule has 3 heteroatoms. The summed E-state index contributed by atoms with van der Waals surface area (Å²) >= 11 is 0. The zero-order valence-electron chi connectivity index (χ0n) is 12.2. The Labute approximate surface area is 105 Å². The van der Waals surface area contributed by atoms with Crippen LogP contribution in [-0.4, -0.2) is 10.3 Å². The van der Waals surface area contributed by atoms with E-state index in [1.807, 2.05) is 40.1 Å². The van der Waals surface area contributed by atoms with Crippen LogP contribution in [0.3, 0.4) is 0 Å². The number of aryl methyl sites for hydroxylation is 1. The predicted octanol–water partition coefficient (Wildman–Crippen LogP) is 2.85. The molecule has 1 rings (SSSR count). The highest BCUT2D eigenvalue weighted by molar-refractivity contribution is 5.53. The molecule has 0 amide bonds. The second kappa shape index (κ2) is 4.21. The Morgan fingerprint density at radius 3 is 2.18 bits per heavy atom. The van der Waals surface area contributed by atoms with Crippen molar-refractivity contribution in [1.29, 1.82) is 0 Å². The molecule has 0 bridgehead atoms. The summed E-state index contributed by atoms with van der Waals surface area (Å²) in [6.07, 6.45) is 2.03. The van der Waals surface area contributed by atoms with Crippen LogP contribution in [0, 0.1) is 0 Å². The first kappa shape index (κ1) is 13.8. The normalized spacial score (nSPS) is 12.6. The van der Waals surface area contributed by atoms with Crippen molar-refractivity contribution in [3.05, 3.63) is 24.5 Å². The monoisotopic (exact) mass is 237 g/mol. The van der Waals surface area contributed by atoms with Gasteiger partial charge < -0.3 is 4.74 Å². The van der Waals surface area contributed by atoms with Gasteiger partial charge >= 0.3 is 0 Å². The molecule has 0 spiro atoms. The molecule has 0 atom stereocenters. The molecular formula is C14H25N2O+. The van der Waals surface area contributed by atoms with Crippen LogP contribution in [0.1, 0.15) is 47.2 Å². The van der Waals surface area contributed by atoms with Crippen molar-refractivity contribution in [3.63, 3.8) is 0 Å². The van der Waals surface area contributed by atoms with Gasteiger partial charge in [-0.3, -0.25) is 0 Å². The fraction of sp³-hybridized carbons (Fsp3) is 0.643. The van der Waals surface area contributed by atoms with E-state index in [0.717, 1.165) is 5.69 Å². The minimum Gasteiger partial charge on any atom is -0.486 e. The van der Waals surface area contributed by atoms with E-state index in [1.165, 1.54) is 0 Å². The molecule has 1 aromatic rings. The minimum absolute atomic E-state index is 0.00221. The highest BCUT2D eigenvalue weighted by atomic mass is 16.5. The highest BCUT2D eigenvalue weighted by Crippen LogP contribution is 2.24. The Hall–Kier alpha value is -1.25. The number of rotatable bonds is 2. The van der Waals surface area contributed by atoms with E-state index in [4.69, 9.17) is 4.74 Å². The first-order valence-electron chi connectivity index (χ1n) is 5.99. The van der Waals surface area contributed by atoms with Gasteiger partial charge in [0.25, 0.3) is 0 Å². The lowest BCUT2D eigenvalue weighted by atomic mass is 10.1. The zero-order valence-corrected chi connectivity index (χ0v) is 12.2. The molecule has 0 aliphatic carbocycles. The molecule has 1 heterocycles. The van der Waals surface area contributed by atoms with Crippen molar-refractivity contribution in [1.82, 2.24) is 4.68 Å². The molecule has 0 fully saturated rings. The Morgan fingerprint density at radius 2 is 1.76 bits per heavy atom. The molecule has 17 heavy (non-hydrogen) atoms. The van der Waals surface area contributed by atoms with Crippen LogP contribution in [-0.2, 0) is 17.3 Å². The number of hydrogen-bond acceptors (Lipinski definition) is 1. The quantitative estimate of drug-likeness (QED) is 0.571. The van der Waals surface area contributed by atoms with Crippen molar-refractivity contribution >= 4 is 5.76 Å². The molecule has 0 saturated carbocycles. The van der Waals surface area contributed by atoms with Crippen LogP contribution in [0.2, 0.25) is 0 Å². The molecule has 0 unspecified atom stereocenters. The lowest BCUT2D eigenvalue weighted by Crippen LogP contribution is -2.47. The summed E-state index contributed by atoms with van der Waals surface area (Å²) in [4.78, 5) is 0. The first-order valence-corrected chi connectivity index (χ1v) is 5.99. The summed E-state index contributed by atoms with van der Waals surface area (Å²) < 4.78 is 10.1. The number of hydrogen-bond donors (Lipinski definition) is 0. The molecule has 0 saturated heterocycles. The number of nitrogens with zero attached hydrogens (tertiary/aromatic N) is 2. The van der Waals surface area contributed by atoms with Gasteiger partial charge in [0.05, 0.1) is 5.54 Å². The summed E-state index contributed by atoms with van der Waals surface area (Å²) in [6.45, 7) is 16.6. The minimum atomic E-state index is -0.220. The zero-order chi connectivity index (χ0) is 13.4. The second-order valence-corrected chi connectivity index (χ2v) is 6.39. The van der Waals surface area contributed by atoms with E-state index in [2.05, 4.69) is 36.7 Å². The van der Waals surface area contributed by atoms with Crippen molar-refractivity contribution < 1.29 is 9.42 Å². The average Bonchev–Trinajstić information content (AvgIpc) is 2.42. The average molecular weight is 237 g/mol. The van der Waals surface area contributed by atoms with E-state index in [9.17, 15) is 0 Å².